The third kappa shape index (κ3) is 4.37. The molecule has 0 saturated carbocycles. The number of carboxylic acids is 1. The molecule has 1 fully saturated rings. The lowest BCUT2D eigenvalue weighted by molar-refractivity contribution is -0.154. The third-order valence-corrected chi connectivity index (χ3v) is 9.88. The van der Waals surface area contributed by atoms with Gasteiger partial charge in [-0.15, -0.1) is 0 Å². The van der Waals surface area contributed by atoms with Crippen molar-refractivity contribution in [2.75, 3.05) is 6.54 Å². The van der Waals surface area contributed by atoms with E-state index < -0.39 is 37.6 Å². The van der Waals surface area contributed by atoms with E-state index in [0.717, 1.165) is 0 Å². The van der Waals surface area contributed by atoms with Crippen molar-refractivity contribution in [3.8, 4) is 0 Å². The van der Waals surface area contributed by atoms with E-state index in [0.29, 0.717) is 13.0 Å². The Morgan fingerprint density at radius 1 is 1.20 bits per heavy atom. The molecule has 0 aromatic rings. The summed E-state index contributed by atoms with van der Waals surface area (Å²) >= 11 is 0. The van der Waals surface area contributed by atoms with Crippen molar-refractivity contribution in [2.45, 2.75) is 96.7 Å². The van der Waals surface area contributed by atoms with E-state index in [-0.39, 0.29) is 11.5 Å². The average Bonchev–Trinajstić information content (AvgIpc) is 2.74. The molecule has 2 atom stereocenters. The van der Waals surface area contributed by atoms with Gasteiger partial charge < -0.3 is 14.3 Å². The molecule has 0 unspecified atom stereocenters. The van der Waals surface area contributed by atoms with Gasteiger partial charge in [0.05, 0.1) is 6.10 Å². The van der Waals surface area contributed by atoms with E-state index in [9.17, 15) is 14.7 Å². The molecule has 7 heteroatoms. The van der Waals surface area contributed by atoms with Gasteiger partial charge in [0.1, 0.15) is 5.60 Å². The van der Waals surface area contributed by atoms with Crippen LogP contribution in [-0.2, 0) is 14.0 Å². The summed E-state index contributed by atoms with van der Waals surface area (Å²) in [7, 11) is -2.17. The molecule has 1 rings (SSSR count). The van der Waals surface area contributed by atoms with E-state index in [1.54, 1.807) is 27.7 Å². The topological polar surface area (TPSA) is 76.1 Å². The molecule has 0 aliphatic carbocycles. The van der Waals surface area contributed by atoms with E-state index in [2.05, 4.69) is 33.9 Å². The third-order valence-electron chi connectivity index (χ3n) is 5.40. The summed E-state index contributed by atoms with van der Waals surface area (Å²) in [6.45, 7) is 18.0. The maximum atomic E-state index is 12.6. The first-order valence-corrected chi connectivity index (χ1v) is 11.9. The first-order valence-electron chi connectivity index (χ1n) is 9.00. The highest BCUT2D eigenvalue weighted by atomic mass is 28.4. The number of amides is 1. The summed E-state index contributed by atoms with van der Waals surface area (Å²) in [4.78, 5) is 26.3. The van der Waals surface area contributed by atoms with Gasteiger partial charge in [0.2, 0.25) is 0 Å². The highest BCUT2D eigenvalue weighted by molar-refractivity contribution is 6.74. The minimum Gasteiger partial charge on any atom is -0.479 e. The maximum absolute atomic E-state index is 12.6. The Labute approximate surface area is 153 Å². The highest BCUT2D eigenvalue weighted by Gasteiger charge is 2.59. The highest BCUT2D eigenvalue weighted by Crippen LogP contribution is 2.43. The zero-order chi connectivity index (χ0) is 19.8. The summed E-state index contributed by atoms with van der Waals surface area (Å²) in [6, 6.07) is 0. The van der Waals surface area contributed by atoms with Crippen LogP contribution in [0.3, 0.4) is 0 Å². The van der Waals surface area contributed by atoms with Crippen LogP contribution in [-0.4, -0.2) is 54.2 Å². The van der Waals surface area contributed by atoms with Gasteiger partial charge in [0.15, 0.2) is 13.9 Å². The van der Waals surface area contributed by atoms with Gasteiger partial charge >= 0.3 is 12.1 Å². The molecule has 1 heterocycles. The zero-order valence-corrected chi connectivity index (χ0v) is 18.2. The van der Waals surface area contributed by atoms with E-state index in [4.69, 9.17) is 9.16 Å². The first-order chi connectivity index (χ1) is 11.1. The van der Waals surface area contributed by atoms with Gasteiger partial charge in [-0.05, 0) is 51.7 Å². The van der Waals surface area contributed by atoms with Crippen molar-refractivity contribution in [3.05, 3.63) is 0 Å². The molecule has 1 saturated heterocycles. The van der Waals surface area contributed by atoms with Crippen LogP contribution in [0, 0.1) is 0 Å². The second-order valence-electron chi connectivity index (χ2n) is 9.37. The Bertz CT molecular complexity index is 521. The average molecular weight is 374 g/mol. The van der Waals surface area contributed by atoms with Crippen molar-refractivity contribution in [2.24, 2.45) is 0 Å². The van der Waals surface area contributed by atoms with E-state index in [1.165, 1.54) is 4.90 Å². The molecule has 0 radical (unpaired) electrons. The number of carbonyl (C=O) groups is 2. The molecule has 1 aliphatic heterocycles. The van der Waals surface area contributed by atoms with Crippen LogP contribution in [0.1, 0.15) is 61.3 Å². The molecule has 25 heavy (non-hydrogen) atoms. The van der Waals surface area contributed by atoms with Crippen LogP contribution in [0.25, 0.3) is 0 Å². The van der Waals surface area contributed by atoms with Crippen LogP contribution >= 0.6 is 0 Å². The van der Waals surface area contributed by atoms with Gasteiger partial charge in [-0.1, -0.05) is 27.7 Å². The minimum absolute atomic E-state index is 0.0374. The van der Waals surface area contributed by atoms with Gasteiger partial charge in [0, 0.05) is 6.54 Å². The Kier molecular flexibility index (Phi) is 6.07. The van der Waals surface area contributed by atoms with Crippen LogP contribution in [0.2, 0.25) is 18.1 Å². The zero-order valence-electron chi connectivity index (χ0n) is 17.2. The van der Waals surface area contributed by atoms with Crippen molar-refractivity contribution in [1.82, 2.24) is 4.90 Å². The maximum Gasteiger partial charge on any atom is 0.411 e. The smallest absolute Gasteiger partial charge is 0.411 e. The molecule has 1 amide bonds. The Hall–Kier alpha value is -1.08. The van der Waals surface area contributed by atoms with Gasteiger partial charge in [-0.3, -0.25) is 4.90 Å². The fraction of sp³-hybridized carbons (Fsp3) is 0.889. The Morgan fingerprint density at radius 2 is 1.72 bits per heavy atom. The van der Waals surface area contributed by atoms with Crippen molar-refractivity contribution in [3.63, 3.8) is 0 Å². The Balaban J connectivity index is 3.21. The van der Waals surface area contributed by atoms with E-state index in [1.807, 2.05) is 0 Å². The second kappa shape index (κ2) is 6.91. The first kappa shape index (κ1) is 22.0. The van der Waals surface area contributed by atoms with E-state index >= 15 is 0 Å². The molecular formula is C18H35NO5Si. The molecule has 0 aromatic carbocycles. The van der Waals surface area contributed by atoms with Crippen molar-refractivity contribution >= 4 is 20.4 Å². The second-order valence-corrected chi connectivity index (χ2v) is 14.1. The number of ether oxygens (including phenoxy) is 1. The SMILES string of the molecule is CC[C@@]1(C(=O)O)[C@@H](O[Si](C)(C)C(C)(C)C)CCN1C(=O)OC(C)(C)C. The molecule has 6 nitrogen and oxygen atoms in total. The monoisotopic (exact) mass is 373 g/mol. The number of likely N-dealkylation sites (tertiary alicyclic amines) is 1. The molecule has 0 aromatic heterocycles. The minimum atomic E-state index is -2.17. The van der Waals surface area contributed by atoms with Crippen LogP contribution in [0.15, 0.2) is 0 Å². The summed E-state index contributed by atoms with van der Waals surface area (Å²) < 4.78 is 11.9. The molecule has 1 aliphatic rings. The normalized spacial score (nSPS) is 25.2. The van der Waals surface area contributed by atoms with Crippen LogP contribution < -0.4 is 0 Å². The predicted octanol–water partition coefficient (Wildman–Crippen LogP) is 4.25. The quantitative estimate of drug-likeness (QED) is 0.746. The lowest BCUT2D eigenvalue weighted by atomic mass is 9.90. The van der Waals surface area contributed by atoms with Gasteiger partial charge in [-0.25, -0.2) is 9.59 Å². The van der Waals surface area contributed by atoms with Gasteiger partial charge in [0.25, 0.3) is 0 Å². The molecular weight excluding hydrogens is 338 g/mol. The van der Waals surface area contributed by atoms with Crippen molar-refractivity contribution < 1.29 is 23.9 Å². The molecule has 146 valence electrons. The van der Waals surface area contributed by atoms with Crippen LogP contribution in [0.5, 0.6) is 0 Å². The summed E-state index contributed by atoms with van der Waals surface area (Å²) in [6.07, 6.45) is -0.325. The lowest BCUT2D eigenvalue weighted by Gasteiger charge is -2.44. The number of hydrogen-bond donors (Lipinski definition) is 1. The van der Waals surface area contributed by atoms with Gasteiger partial charge in [-0.2, -0.15) is 0 Å². The molecule has 0 bridgehead atoms. The van der Waals surface area contributed by atoms with Crippen molar-refractivity contribution in [1.29, 1.82) is 0 Å². The number of hydrogen-bond acceptors (Lipinski definition) is 4. The summed E-state index contributed by atoms with van der Waals surface area (Å²) in [5.41, 5.74) is -2.05. The summed E-state index contributed by atoms with van der Waals surface area (Å²) in [5.74, 6) is -1.03. The Morgan fingerprint density at radius 3 is 2.08 bits per heavy atom. The number of aliphatic carboxylic acids is 1. The fourth-order valence-corrected chi connectivity index (χ4v) is 4.32. The molecule has 1 N–H and O–H groups in total. The standard InChI is InChI=1S/C18H35NO5Si/c1-10-18(14(20)21)13(24-25(8,9)17(5,6)7)11-12-19(18)15(22)23-16(2,3)4/h13H,10-12H2,1-9H3,(H,20,21)/t13-,18-/m0/s1. The number of nitrogens with zero attached hydrogens (tertiary/aromatic N) is 1. The number of rotatable bonds is 4. The number of carboxylic acid groups (broad SMARTS) is 1. The largest absolute Gasteiger partial charge is 0.479 e. The lowest BCUT2D eigenvalue weighted by Crippen LogP contribution is -2.61. The summed E-state index contributed by atoms with van der Waals surface area (Å²) in [5, 5.41) is 10.0. The number of carbonyl (C=O) groups excluding carboxylic acids is 1. The fourth-order valence-electron chi connectivity index (χ4n) is 2.94. The molecule has 0 spiro atoms. The van der Waals surface area contributed by atoms with Crippen LogP contribution in [0.4, 0.5) is 4.79 Å². The predicted molar refractivity (Wildman–Crippen MR) is 100 cm³/mol.